The van der Waals surface area contributed by atoms with Crippen LogP contribution in [0.4, 0.5) is 0 Å². The topological polar surface area (TPSA) is 129 Å². The van der Waals surface area contributed by atoms with E-state index in [4.69, 9.17) is 25.1 Å². The number of azide groups is 1. The molecule has 0 fully saturated rings. The highest BCUT2D eigenvalue weighted by Gasteiger charge is 2.51. The van der Waals surface area contributed by atoms with Crippen LogP contribution >= 0.6 is 0 Å². The number of nitrogens with one attached hydrogen (secondary N) is 1. The third kappa shape index (κ3) is 5.51. The zero-order valence-electron chi connectivity index (χ0n) is 24.4. The average molecular weight is 588 g/mol. The van der Waals surface area contributed by atoms with Crippen LogP contribution < -0.4 is 10.1 Å². The molecule has 1 aliphatic heterocycles. The van der Waals surface area contributed by atoms with Crippen molar-refractivity contribution in [3.63, 3.8) is 0 Å². The van der Waals surface area contributed by atoms with E-state index in [1.54, 1.807) is 0 Å². The van der Waals surface area contributed by atoms with Gasteiger partial charge in [-0.2, -0.15) is 0 Å². The highest BCUT2D eigenvalue weighted by molar-refractivity contribution is 6.01. The molecule has 1 aliphatic carbocycles. The van der Waals surface area contributed by atoms with Crippen molar-refractivity contribution in [2.24, 2.45) is 10.1 Å². The Morgan fingerprint density at radius 3 is 2.27 bits per heavy atom. The molecule has 9 heteroatoms. The summed E-state index contributed by atoms with van der Waals surface area (Å²) in [7, 11) is 0. The molecule has 2 atom stereocenters. The molecule has 0 aromatic heterocycles. The molecule has 222 valence electrons. The van der Waals surface area contributed by atoms with E-state index in [2.05, 4.69) is 39.6 Å². The second-order valence-electron chi connectivity index (χ2n) is 11.0. The number of hydrogen-bond acceptors (Lipinski definition) is 6. The smallest absolute Gasteiger partial charge is 0.253 e. The number of benzene rings is 4. The number of nitrogens with zero attached hydrogens (tertiary/aromatic N) is 4. The maximum Gasteiger partial charge on any atom is 0.253 e. The molecule has 2 N–H and O–H groups in total. The third-order valence-electron chi connectivity index (χ3n) is 8.32. The van der Waals surface area contributed by atoms with Crippen LogP contribution in [0, 0.1) is 0 Å². The molecule has 4 aromatic rings. The second-order valence-corrected chi connectivity index (χ2v) is 11.0. The number of aliphatic hydroxyl groups is 1. The lowest BCUT2D eigenvalue weighted by molar-refractivity contribution is -0.128. The van der Waals surface area contributed by atoms with E-state index in [0.29, 0.717) is 24.7 Å². The first-order valence-corrected chi connectivity index (χ1v) is 14.7. The monoisotopic (exact) mass is 587 g/mol. The number of hydrogen-bond donors (Lipinski definition) is 2. The summed E-state index contributed by atoms with van der Waals surface area (Å²) >= 11 is 0. The first-order valence-electron chi connectivity index (χ1n) is 14.7. The van der Waals surface area contributed by atoms with Gasteiger partial charge in [0.05, 0.1) is 19.2 Å². The summed E-state index contributed by atoms with van der Waals surface area (Å²) in [4.78, 5) is 22.6. The fourth-order valence-electron chi connectivity index (χ4n) is 5.99. The van der Waals surface area contributed by atoms with Crippen LogP contribution in [0.15, 0.2) is 107 Å². The maximum atomic E-state index is 14.6. The summed E-state index contributed by atoms with van der Waals surface area (Å²) in [6.07, 6.45) is 0.195. The van der Waals surface area contributed by atoms with Crippen molar-refractivity contribution in [3.8, 4) is 16.9 Å². The molecule has 1 heterocycles. The predicted molar refractivity (Wildman–Crippen MR) is 168 cm³/mol. The summed E-state index contributed by atoms with van der Waals surface area (Å²) in [5, 5.41) is 16.2. The Bertz CT molecular complexity index is 1700. The minimum absolute atomic E-state index is 0.0643. The highest BCUT2D eigenvalue weighted by Crippen LogP contribution is 2.44. The molecule has 1 amide bonds. The van der Waals surface area contributed by atoms with Gasteiger partial charge < -0.3 is 19.9 Å². The Morgan fingerprint density at radius 2 is 1.61 bits per heavy atom. The molecule has 0 radical (unpaired) electrons. The predicted octanol–water partition coefficient (Wildman–Crippen LogP) is 6.29. The molecule has 2 aliphatic rings. The molecule has 0 saturated heterocycles. The SMILES string of the molecule is C[C@H]1OC(c2ccc(OCCCO)cc2)=N[C@@]1(Cc1ccccc1CN=[N+]=[N-])C(=O)NC1c2ccccc2-c2ccccc21. The number of carbonyl (C=O) groups is 1. The Hall–Kier alpha value is -5.11. The van der Waals surface area contributed by atoms with Crippen molar-refractivity contribution in [2.45, 2.75) is 44.0 Å². The molecular formula is C35H33N5O4. The largest absolute Gasteiger partial charge is 0.494 e. The van der Waals surface area contributed by atoms with Gasteiger partial charge in [-0.3, -0.25) is 4.79 Å². The maximum absolute atomic E-state index is 14.6. The summed E-state index contributed by atoms with van der Waals surface area (Å²) in [6.45, 7) is 2.51. The van der Waals surface area contributed by atoms with Gasteiger partial charge in [0.25, 0.3) is 5.91 Å². The Kier molecular flexibility index (Phi) is 8.32. The number of amides is 1. The Labute approximate surface area is 255 Å². The van der Waals surface area contributed by atoms with Gasteiger partial charge in [0.1, 0.15) is 11.9 Å². The number of aliphatic hydroxyl groups excluding tert-OH is 1. The van der Waals surface area contributed by atoms with Gasteiger partial charge in [-0.25, -0.2) is 4.99 Å². The van der Waals surface area contributed by atoms with E-state index in [0.717, 1.165) is 38.9 Å². The van der Waals surface area contributed by atoms with E-state index in [9.17, 15) is 4.79 Å². The van der Waals surface area contributed by atoms with Crippen LogP contribution in [0.5, 0.6) is 5.75 Å². The molecule has 0 unspecified atom stereocenters. The molecule has 0 bridgehead atoms. The summed E-state index contributed by atoms with van der Waals surface area (Å²) in [6, 6.07) is 30.9. The number of ether oxygens (including phenoxy) is 2. The third-order valence-corrected chi connectivity index (χ3v) is 8.32. The minimum atomic E-state index is -1.30. The van der Waals surface area contributed by atoms with Crippen molar-refractivity contribution >= 4 is 11.8 Å². The van der Waals surface area contributed by atoms with Gasteiger partial charge in [-0.15, -0.1) is 0 Å². The van der Waals surface area contributed by atoms with E-state index < -0.39 is 11.6 Å². The fraction of sp³-hybridized carbons (Fsp3) is 0.257. The molecule has 9 nitrogen and oxygen atoms in total. The van der Waals surface area contributed by atoms with Crippen molar-refractivity contribution in [1.82, 2.24) is 5.32 Å². The zero-order valence-corrected chi connectivity index (χ0v) is 24.4. The van der Waals surface area contributed by atoms with Gasteiger partial charge >= 0.3 is 0 Å². The van der Waals surface area contributed by atoms with Gasteiger partial charge in [0.15, 0.2) is 5.54 Å². The van der Waals surface area contributed by atoms with Crippen LogP contribution in [0.2, 0.25) is 0 Å². The molecule has 0 saturated carbocycles. The number of fused-ring (bicyclic) bond motifs is 3. The first-order chi connectivity index (χ1) is 21.5. The Morgan fingerprint density at radius 1 is 0.977 bits per heavy atom. The number of aliphatic imine (C=N–C) groups is 1. The summed E-state index contributed by atoms with van der Waals surface area (Å²) in [5.74, 6) is 0.789. The van der Waals surface area contributed by atoms with E-state index in [1.807, 2.05) is 79.7 Å². The standard InChI is InChI=1S/C35H33N5O4/c1-23-35(21-25-9-2-3-10-26(25)22-37-40-36,39-33(44-23)24-15-17-27(18-16-24)43-20-8-19-41)34(42)38-32-30-13-6-4-11-28(30)29-12-5-7-14-31(29)32/h2-7,9-18,23,32,41H,8,19-22H2,1H3,(H,38,42)/t23-,35-/m1/s1. The lowest BCUT2D eigenvalue weighted by atomic mass is 9.84. The quantitative estimate of drug-likeness (QED) is 0.0924. The molecule has 44 heavy (non-hydrogen) atoms. The van der Waals surface area contributed by atoms with Crippen LogP contribution in [0.25, 0.3) is 21.6 Å². The first kappa shape index (κ1) is 29.0. The highest BCUT2D eigenvalue weighted by atomic mass is 16.5. The van der Waals surface area contributed by atoms with Crippen molar-refractivity contribution in [2.75, 3.05) is 13.2 Å². The Balaban J connectivity index is 1.38. The number of rotatable bonds is 11. The van der Waals surface area contributed by atoms with Gasteiger partial charge in [-0.1, -0.05) is 77.9 Å². The van der Waals surface area contributed by atoms with Gasteiger partial charge in [0.2, 0.25) is 5.90 Å². The van der Waals surface area contributed by atoms with E-state index in [1.165, 1.54) is 0 Å². The van der Waals surface area contributed by atoms with Crippen molar-refractivity contribution < 1.29 is 19.4 Å². The van der Waals surface area contributed by atoms with Crippen LogP contribution in [0.1, 0.15) is 47.2 Å². The van der Waals surface area contributed by atoms with Crippen LogP contribution in [0.3, 0.4) is 0 Å². The lowest BCUT2D eigenvalue weighted by Gasteiger charge is -2.31. The van der Waals surface area contributed by atoms with E-state index >= 15 is 0 Å². The van der Waals surface area contributed by atoms with Crippen LogP contribution in [-0.4, -0.2) is 41.8 Å². The second kappa shape index (κ2) is 12.6. The lowest BCUT2D eigenvalue weighted by Crippen LogP contribution is -2.53. The summed E-state index contributed by atoms with van der Waals surface area (Å²) in [5.41, 5.74) is 14.4. The van der Waals surface area contributed by atoms with E-state index in [-0.39, 0.29) is 31.5 Å². The number of carbonyl (C=O) groups excluding carboxylic acids is 1. The zero-order chi connectivity index (χ0) is 30.5. The van der Waals surface area contributed by atoms with Crippen molar-refractivity contribution in [1.29, 1.82) is 0 Å². The van der Waals surface area contributed by atoms with Gasteiger partial charge in [0, 0.05) is 29.9 Å². The minimum Gasteiger partial charge on any atom is -0.494 e. The summed E-state index contributed by atoms with van der Waals surface area (Å²) < 4.78 is 12.0. The van der Waals surface area contributed by atoms with Gasteiger partial charge in [-0.05, 0) is 70.1 Å². The van der Waals surface area contributed by atoms with Crippen LogP contribution in [-0.2, 0) is 22.5 Å². The molecular weight excluding hydrogens is 554 g/mol. The fourth-order valence-corrected chi connectivity index (χ4v) is 5.99. The molecule has 4 aromatic carbocycles. The molecule has 0 spiro atoms. The molecule has 6 rings (SSSR count). The van der Waals surface area contributed by atoms with Crippen molar-refractivity contribution in [3.05, 3.63) is 135 Å². The average Bonchev–Trinajstić information content (AvgIpc) is 3.56. The normalized spacial score (nSPS) is 18.4.